The molecule has 0 fully saturated rings. The van der Waals surface area contributed by atoms with Gasteiger partial charge in [0.1, 0.15) is 0 Å². The molecule has 0 aromatic heterocycles. The van der Waals surface area contributed by atoms with Gasteiger partial charge in [0.25, 0.3) is 0 Å². The second kappa shape index (κ2) is 5.60. The average molecular weight is 293 g/mol. The number of nitrogens with two attached hydrogens (primary N) is 1. The summed E-state index contributed by atoms with van der Waals surface area (Å²) in [5.41, 5.74) is 7.22. The third-order valence-corrected chi connectivity index (χ3v) is 4.75. The van der Waals surface area contributed by atoms with E-state index in [0.717, 1.165) is 12.0 Å². The lowest BCUT2D eigenvalue weighted by Gasteiger charge is -2.52. The van der Waals surface area contributed by atoms with Crippen molar-refractivity contribution in [3.8, 4) is 0 Å². The molecule has 2 unspecified atom stereocenters. The summed E-state index contributed by atoms with van der Waals surface area (Å²) in [6.07, 6.45) is 2.61. The fourth-order valence-corrected chi connectivity index (χ4v) is 3.87. The molecule has 0 saturated heterocycles. The number of carbonyl (C=O) groups is 1. The van der Waals surface area contributed by atoms with Crippen LogP contribution in [0.15, 0.2) is 23.8 Å². The van der Waals surface area contributed by atoms with Crippen molar-refractivity contribution in [2.75, 3.05) is 6.61 Å². The molecule has 120 valence electrons. The van der Waals surface area contributed by atoms with Crippen molar-refractivity contribution in [3.05, 3.63) is 23.8 Å². The summed E-state index contributed by atoms with van der Waals surface area (Å²) in [6.45, 7) is 19.2. The SMILES string of the molecule is C=C1C(N)(CC)C=C(C(=O)OCC)C(C(C)(C)C)C1(C)C. The first-order valence-electron chi connectivity index (χ1n) is 7.80. The molecule has 0 aliphatic heterocycles. The molecule has 0 amide bonds. The minimum atomic E-state index is -0.645. The summed E-state index contributed by atoms with van der Waals surface area (Å²) < 4.78 is 5.28. The zero-order valence-corrected chi connectivity index (χ0v) is 14.7. The van der Waals surface area contributed by atoms with Gasteiger partial charge in [-0.2, -0.15) is 0 Å². The molecule has 0 aromatic rings. The van der Waals surface area contributed by atoms with Crippen LogP contribution in [0.2, 0.25) is 0 Å². The molecule has 0 bridgehead atoms. The zero-order valence-electron chi connectivity index (χ0n) is 14.7. The van der Waals surface area contributed by atoms with Gasteiger partial charge in [-0.1, -0.05) is 48.1 Å². The van der Waals surface area contributed by atoms with E-state index in [1.54, 1.807) is 0 Å². The summed E-state index contributed by atoms with van der Waals surface area (Å²) >= 11 is 0. The van der Waals surface area contributed by atoms with Gasteiger partial charge in [-0.3, -0.25) is 0 Å². The summed E-state index contributed by atoms with van der Waals surface area (Å²) in [4.78, 5) is 12.5. The molecule has 0 spiro atoms. The van der Waals surface area contributed by atoms with Gasteiger partial charge >= 0.3 is 5.97 Å². The molecule has 0 radical (unpaired) electrons. The lowest BCUT2D eigenvalue weighted by Crippen LogP contribution is -2.54. The number of hydrogen-bond donors (Lipinski definition) is 1. The highest BCUT2D eigenvalue weighted by atomic mass is 16.5. The Labute approximate surface area is 129 Å². The van der Waals surface area contributed by atoms with Gasteiger partial charge in [-0.05, 0) is 35.8 Å². The van der Waals surface area contributed by atoms with Crippen LogP contribution in [0.4, 0.5) is 0 Å². The Kier molecular flexibility index (Phi) is 4.79. The van der Waals surface area contributed by atoms with E-state index in [1.807, 2.05) is 19.9 Å². The Morgan fingerprint density at radius 3 is 2.29 bits per heavy atom. The van der Waals surface area contributed by atoms with Gasteiger partial charge < -0.3 is 10.5 Å². The first-order valence-corrected chi connectivity index (χ1v) is 7.80. The standard InChI is InChI=1S/C18H31NO2/c1-9-18(19)11-13(15(20)21-10-2)14(16(4,5)6)17(7,8)12(18)3/h11,14H,3,9-10,19H2,1-2,4-8H3. The summed E-state index contributed by atoms with van der Waals surface area (Å²) in [5.74, 6) is -0.221. The van der Waals surface area contributed by atoms with E-state index in [1.165, 1.54) is 0 Å². The molecular weight excluding hydrogens is 262 g/mol. The molecule has 0 aromatic carbocycles. The summed E-state index contributed by atoms with van der Waals surface area (Å²) in [7, 11) is 0. The Morgan fingerprint density at radius 1 is 1.38 bits per heavy atom. The number of ether oxygens (including phenoxy) is 1. The van der Waals surface area contributed by atoms with Crippen molar-refractivity contribution in [2.24, 2.45) is 22.5 Å². The predicted octanol–water partition coefficient (Wildman–Crippen LogP) is 3.84. The lowest BCUT2D eigenvalue weighted by molar-refractivity contribution is -0.140. The lowest BCUT2D eigenvalue weighted by atomic mass is 9.53. The maximum Gasteiger partial charge on any atom is 0.334 e. The Hall–Kier alpha value is -1.09. The Balaban J connectivity index is 3.54. The van der Waals surface area contributed by atoms with Crippen LogP contribution < -0.4 is 5.73 Å². The Morgan fingerprint density at radius 2 is 1.90 bits per heavy atom. The highest BCUT2D eigenvalue weighted by Gasteiger charge is 2.52. The molecule has 2 N–H and O–H groups in total. The van der Waals surface area contributed by atoms with Crippen molar-refractivity contribution in [1.82, 2.24) is 0 Å². The second-order valence-corrected chi connectivity index (χ2v) is 7.71. The smallest absolute Gasteiger partial charge is 0.334 e. The topological polar surface area (TPSA) is 52.3 Å². The van der Waals surface area contributed by atoms with Crippen molar-refractivity contribution >= 4 is 5.97 Å². The second-order valence-electron chi connectivity index (χ2n) is 7.71. The minimum Gasteiger partial charge on any atom is -0.463 e. The third kappa shape index (κ3) is 3.08. The highest BCUT2D eigenvalue weighted by Crippen LogP contribution is 2.54. The molecule has 3 nitrogen and oxygen atoms in total. The predicted molar refractivity (Wildman–Crippen MR) is 87.8 cm³/mol. The van der Waals surface area contributed by atoms with Crippen LogP contribution in [-0.2, 0) is 9.53 Å². The molecule has 0 heterocycles. The highest BCUT2D eigenvalue weighted by molar-refractivity contribution is 5.90. The third-order valence-electron chi connectivity index (χ3n) is 4.75. The van der Waals surface area contributed by atoms with Crippen LogP contribution in [-0.4, -0.2) is 18.1 Å². The molecule has 1 aliphatic rings. The Bertz CT molecular complexity index is 468. The van der Waals surface area contributed by atoms with Gasteiger partial charge in [0.15, 0.2) is 0 Å². The normalized spacial score (nSPS) is 29.0. The van der Waals surface area contributed by atoms with Crippen molar-refractivity contribution in [2.45, 2.75) is 60.4 Å². The van der Waals surface area contributed by atoms with E-state index in [9.17, 15) is 4.79 Å². The fraction of sp³-hybridized carbons (Fsp3) is 0.722. The number of rotatable bonds is 3. The van der Waals surface area contributed by atoms with E-state index in [0.29, 0.717) is 12.2 Å². The molecule has 21 heavy (non-hydrogen) atoms. The molecule has 2 atom stereocenters. The average Bonchev–Trinajstić information content (AvgIpc) is 2.34. The zero-order chi connectivity index (χ0) is 16.6. The first-order chi connectivity index (χ1) is 9.41. The maximum atomic E-state index is 12.5. The number of carbonyl (C=O) groups excluding carboxylic acids is 1. The molecule has 0 saturated carbocycles. The fourth-order valence-electron chi connectivity index (χ4n) is 3.87. The number of hydrogen-bond acceptors (Lipinski definition) is 3. The van der Waals surface area contributed by atoms with Gasteiger partial charge in [0.2, 0.25) is 0 Å². The van der Waals surface area contributed by atoms with E-state index >= 15 is 0 Å². The van der Waals surface area contributed by atoms with E-state index < -0.39 is 5.54 Å². The van der Waals surface area contributed by atoms with Gasteiger partial charge in [-0.25, -0.2) is 4.79 Å². The van der Waals surface area contributed by atoms with Crippen LogP contribution in [0.1, 0.15) is 54.9 Å². The van der Waals surface area contributed by atoms with Crippen LogP contribution in [0, 0.1) is 16.7 Å². The van der Waals surface area contributed by atoms with Gasteiger partial charge in [-0.15, -0.1) is 0 Å². The van der Waals surface area contributed by atoms with E-state index in [4.69, 9.17) is 10.5 Å². The first kappa shape index (κ1) is 18.0. The van der Waals surface area contributed by atoms with Crippen LogP contribution in [0.5, 0.6) is 0 Å². The van der Waals surface area contributed by atoms with Crippen molar-refractivity contribution in [1.29, 1.82) is 0 Å². The molecule has 1 rings (SSSR count). The van der Waals surface area contributed by atoms with Gasteiger partial charge in [0, 0.05) is 11.5 Å². The number of esters is 1. The van der Waals surface area contributed by atoms with Crippen molar-refractivity contribution in [3.63, 3.8) is 0 Å². The summed E-state index contributed by atoms with van der Waals surface area (Å²) in [6, 6.07) is 0. The van der Waals surface area contributed by atoms with E-state index in [-0.39, 0.29) is 22.7 Å². The minimum absolute atomic E-state index is 0.0276. The largest absolute Gasteiger partial charge is 0.463 e. The van der Waals surface area contributed by atoms with Gasteiger partial charge in [0.05, 0.1) is 12.1 Å². The van der Waals surface area contributed by atoms with E-state index in [2.05, 4.69) is 41.2 Å². The maximum absolute atomic E-state index is 12.5. The quantitative estimate of drug-likeness (QED) is 0.635. The molecular formula is C18H31NO2. The summed E-state index contributed by atoms with van der Waals surface area (Å²) in [5, 5.41) is 0. The van der Waals surface area contributed by atoms with Crippen LogP contribution >= 0.6 is 0 Å². The monoisotopic (exact) mass is 293 g/mol. The van der Waals surface area contributed by atoms with Crippen LogP contribution in [0.3, 0.4) is 0 Å². The molecule has 3 heteroatoms. The molecule has 1 aliphatic carbocycles. The van der Waals surface area contributed by atoms with Crippen LogP contribution in [0.25, 0.3) is 0 Å². The van der Waals surface area contributed by atoms with Crippen molar-refractivity contribution < 1.29 is 9.53 Å².